The molecule has 2 heterocycles. The lowest BCUT2D eigenvalue weighted by Gasteiger charge is -2.32. The van der Waals surface area contributed by atoms with Crippen molar-refractivity contribution >= 4 is 5.91 Å². The fraction of sp³-hybridized carbons (Fsp3) is 0.400. The first kappa shape index (κ1) is 15.7. The molecular formula is C20H24N2O. The molecule has 0 spiro atoms. The molecule has 0 unspecified atom stereocenters. The molecule has 1 aliphatic heterocycles. The van der Waals surface area contributed by atoms with Crippen molar-refractivity contribution in [3.8, 4) is 0 Å². The Morgan fingerprint density at radius 2 is 2.04 bits per heavy atom. The zero-order valence-corrected chi connectivity index (χ0v) is 13.7. The van der Waals surface area contributed by atoms with Crippen LogP contribution in [0.2, 0.25) is 0 Å². The highest BCUT2D eigenvalue weighted by molar-refractivity contribution is 5.73. The van der Waals surface area contributed by atoms with E-state index in [-0.39, 0.29) is 5.91 Å². The molecule has 1 aromatic heterocycles. The van der Waals surface area contributed by atoms with E-state index in [1.807, 2.05) is 17.2 Å². The number of nitrogens with zero attached hydrogens (tertiary/aromatic N) is 2. The van der Waals surface area contributed by atoms with E-state index in [1.165, 1.54) is 17.5 Å². The van der Waals surface area contributed by atoms with E-state index in [2.05, 4.69) is 41.4 Å². The minimum absolute atomic E-state index is 0.203. The number of likely N-dealkylation sites (tertiary alicyclic amines) is 1. The van der Waals surface area contributed by atoms with E-state index >= 15 is 0 Å². The second-order valence-electron chi connectivity index (χ2n) is 6.50. The number of hydrogen-bond acceptors (Lipinski definition) is 2. The van der Waals surface area contributed by atoms with Crippen LogP contribution in [0.5, 0.6) is 0 Å². The van der Waals surface area contributed by atoms with E-state index in [0.717, 1.165) is 38.0 Å². The van der Waals surface area contributed by atoms with Gasteiger partial charge < -0.3 is 4.90 Å². The highest BCUT2D eigenvalue weighted by atomic mass is 16.2. The standard InChI is InChI=1S/C20H24N2O/c1-16(23)22-11-5-8-19(15-22)12-18-9-10-21-20(14-18)13-17-6-3-2-4-7-17/h2-4,6-7,9-10,14,19H,5,8,11-13,15H2,1H3/t19-/m1/s1. The molecule has 1 atom stereocenters. The van der Waals surface area contributed by atoms with Gasteiger partial charge >= 0.3 is 0 Å². The lowest BCUT2D eigenvalue weighted by molar-refractivity contribution is -0.130. The molecule has 1 fully saturated rings. The fourth-order valence-electron chi connectivity index (χ4n) is 3.41. The first-order valence-corrected chi connectivity index (χ1v) is 8.44. The highest BCUT2D eigenvalue weighted by Gasteiger charge is 2.21. The van der Waals surface area contributed by atoms with Gasteiger partial charge in [0, 0.05) is 38.3 Å². The van der Waals surface area contributed by atoms with Crippen LogP contribution in [-0.4, -0.2) is 28.9 Å². The van der Waals surface area contributed by atoms with Crippen LogP contribution in [0.3, 0.4) is 0 Å². The van der Waals surface area contributed by atoms with Gasteiger partial charge in [-0.2, -0.15) is 0 Å². The molecule has 0 bridgehead atoms. The number of aromatic nitrogens is 1. The third kappa shape index (κ3) is 4.41. The maximum absolute atomic E-state index is 11.6. The Hall–Kier alpha value is -2.16. The highest BCUT2D eigenvalue weighted by Crippen LogP contribution is 2.21. The van der Waals surface area contributed by atoms with Gasteiger partial charge in [0.25, 0.3) is 0 Å². The number of hydrogen-bond donors (Lipinski definition) is 0. The minimum atomic E-state index is 0.203. The number of rotatable bonds is 4. The summed E-state index contributed by atoms with van der Waals surface area (Å²) in [5, 5.41) is 0. The molecule has 1 aromatic carbocycles. The lowest BCUT2D eigenvalue weighted by atomic mass is 9.91. The average Bonchev–Trinajstić information content (AvgIpc) is 2.56. The van der Waals surface area contributed by atoms with Gasteiger partial charge in [-0.1, -0.05) is 30.3 Å². The van der Waals surface area contributed by atoms with Crippen molar-refractivity contribution in [1.29, 1.82) is 0 Å². The van der Waals surface area contributed by atoms with Crippen LogP contribution in [0.4, 0.5) is 0 Å². The van der Waals surface area contributed by atoms with Crippen molar-refractivity contribution in [3.63, 3.8) is 0 Å². The average molecular weight is 308 g/mol. The summed E-state index contributed by atoms with van der Waals surface area (Å²) >= 11 is 0. The smallest absolute Gasteiger partial charge is 0.219 e. The molecule has 0 aliphatic carbocycles. The van der Waals surface area contributed by atoms with Gasteiger partial charge in [-0.05, 0) is 48.4 Å². The zero-order chi connectivity index (χ0) is 16.1. The van der Waals surface area contributed by atoms with Crippen molar-refractivity contribution in [2.24, 2.45) is 5.92 Å². The Labute approximate surface area is 138 Å². The molecule has 1 saturated heterocycles. The molecule has 1 aliphatic rings. The van der Waals surface area contributed by atoms with Gasteiger partial charge in [0.1, 0.15) is 0 Å². The fourth-order valence-corrected chi connectivity index (χ4v) is 3.41. The molecule has 3 nitrogen and oxygen atoms in total. The summed E-state index contributed by atoms with van der Waals surface area (Å²) in [7, 11) is 0. The van der Waals surface area contributed by atoms with Crippen LogP contribution >= 0.6 is 0 Å². The van der Waals surface area contributed by atoms with Gasteiger partial charge in [-0.3, -0.25) is 9.78 Å². The molecule has 120 valence electrons. The molecule has 1 amide bonds. The first-order chi connectivity index (χ1) is 11.2. The van der Waals surface area contributed by atoms with Crippen molar-refractivity contribution in [2.75, 3.05) is 13.1 Å². The van der Waals surface area contributed by atoms with E-state index in [4.69, 9.17) is 0 Å². The number of carbonyl (C=O) groups excluding carboxylic acids is 1. The third-order valence-electron chi connectivity index (χ3n) is 4.60. The number of piperidine rings is 1. The Balaban J connectivity index is 1.64. The number of carbonyl (C=O) groups is 1. The molecule has 23 heavy (non-hydrogen) atoms. The Morgan fingerprint density at radius 1 is 1.22 bits per heavy atom. The van der Waals surface area contributed by atoms with Crippen molar-refractivity contribution < 1.29 is 4.79 Å². The molecule has 3 heteroatoms. The summed E-state index contributed by atoms with van der Waals surface area (Å²) in [6, 6.07) is 14.8. The van der Waals surface area contributed by atoms with Crippen molar-refractivity contribution in [2.45, 2.75) is 32.6 Å². The first-order valence-electron chi connectivity index (χ1n) is 8.44. The second-order valence-corrected chi connectivity index (χ2v) is 6.50. The van der Waals surface area contributed by atoms with Crippen LogP contribution in [0.1, 0.15) is 36.6 Å². The molecule has 0 saturated carbocycles. The predicted octanol–water partition coefficient (Wildman–Crippen LogP) is 3.47. The topological polar surface area (TPSA) is 33.2 Å². The zero-order valence-electron chi connectivity index (χ0n) is 13.7. The normalized spacial score (nSPS) is 18.0. The lowest BCUT2D eigenvalue weighted by Crippen LogP contribution is -2.39. The molecule has 3 rings (SSSR count). The quantitative estimate of drug-likeness (QED) is 0.866. The monoisotopic (exact) mass is 308 g/mol. The van der Waals surface area contributed by atoms with Crippen LogP contribution in [0.15, 0.2) is 48.7 Å². The maximum Gasteiger partial charge on any atom is 0.219 e. The Kier molecular flexibility index (Phi) is 5.06. The van der Waals surface area contributed by atoms with Crippen LogP contribution in [0.25, 0.3) is 0 Å². The third-order valence-corrected chi connectivity index (χ3v) is 4.60. The molecule has 2 aromatic rings. The van der Waals surface area contributed by atoms with Crippen LogP contribution in [-0.2, 0) is 17.6 Å². The summed E-state index contributed by atoms with van der Waals surface area (Å²) < 4.78 is 0. The summed E-state index contributed by atoms with van der Waals surface area (Å²) in [6.45, 7) is 3.49. The largest absolute Gasteiger partial charge is 0.343 e. The van der Waals surface area contributed by atoms with E-state index in [9.17, 15) is 4.79 Å². The molecular weight excluding hydrogens is 284 g/mol. The predicted molar refractivity (Wildman–Crippen MR) is 92.2 cm³/mol. The number of benzene rings is 1. The van der Waals surface area contributed by atoms with E-state index in [0.29, 0.717) is 5.92 Å². The van der Waals surface area contributed by atoms with Crippen LogP contribution in [0, 0.1) is 5.92 Å². The van der Waals surface area contributed by atoms with Gasteiger partial charge in [-0.15, -0.1) is 0 Å². The summed E-state index contributed by atoms with van der Waals surface area (Å²) in [6.07, 6.45) is 6.15. The molecule has 0 N–H and O–H groups in total. The summed E-state index contributed by atoms with van der Waals surface area (Å²) in [4.78, 5) is 18.1. The van der Waals surface area contributed by atoms with Gasteiger partial charge in [0.2, 0.25) is 5.91 Å². The van der Waals surface area contributed by atoms with E-state index < -0.39 is 0 Å². The second kappa shape index (κ2) is 7.40. The van der Waals surface area contributed by atoms with E-state index in [1.54, 1.807) is 6.92 Å². The Morgan fingerprint density at radius 3 is 2.83 bits per heavy atom. The number of amides is 1. The summed E-state index contributed by atoms with van der Waals surface area (Å²) in [5.41, 5.74) is 3.74. The SMILES string of the molecule is CC(=O)N1CCC[C@H](Cc2ccnc(Cc3ccccc3)c2)C1. The van der Waals surface area contributed by atoms with Crippen LogP contribution < -0.4 is 0 Å². The molecule has 0 radical (unpaired) electrons. The summed E-state index contributed by atoms with van der Waals surface area (Å²) in [5.74, 6) is 0.772. The van der Waals surface area contributed by atoms with Gasteiger partial charge in [0.05, 0.1) is 0 Å². The van der Waals surface area contributed by atoms with Gasteiger partial charge in [-0.25, -0.2) is 0 Å². The number of pyridine rings is 1. The van der Waals surface area contributed by atoms with Gasteiger partial charge in [0.15, 0.2) is 0 Å². The maximum atomic E-state index is 11.6. The van der Waals surface area contributed by atoms with Crippen molar-refractivity contribution in [3.05, 3.63) is 65.5 Å². The van der Waals surface area contributed by atoms with Crippen molar-refractivity contribution in [1.82, 2.24) is 9.88 Å². The Bertz CT molecular complexity index is 654. The minimum Gasteiger partial charge on any atom is -0.343 e.